The summed E-state index contributed by atoms with van der Waals surface area (Å²) in [7, 11) is 1.58. The number of pyridine rings is 1. The minimum Gasteiger partial charge on any atom is -0.496 e. The van der Waals surface area contributed by atoms with E-state index in [-0.39, 0.29) is 12.1 Å². The SMILES string of the molecule is COc1ccccc1CNC(=O)c1ccc(-c2ccccc2)[nH]c1=O. The van der Waals surface area contributed by atoms with Crippen molar-refractivity contribution in [2.24, 2.45) is 0 Å². The molecule has 0 saturated carbocycles. The van der Waals surface area contributed by atoms with Crippen LogP contribution in [0.25, 0.3) is 11.3 Å². The van der Waals surface area contributed by atoms with Crippen LogP contribution in [0.4, 0.5) is 0 Å². The molecule has 5 nitrogen and oxygen atoms in total. The van der Waals surface area contributed by atoms with Crippen LogP contribution in [0.15, 0.2) is 71.5 Å². The highest BCUT2D eigenvalue weighted by Gasteiger charge is 2.12. The van der Waals surface area contributed by atoms with E-state index in [0.717, 1.165) is 11.1 Å². The Labute approximate surface area is 145 Å². The van der Waals surface area contributed by atoms with Crippen LogP contribution in [-0.4, -0.2) is 18.0 Å². The Morgan fingerprint density at radius 2 is 1.72 bits per heavy atom. The molecule has 3 aromatic rings. The van der Waals surface area contributed by atoms with Crippen LogP contribution in [0.3, 0.4) is 0 Å². The van der Waals surface area contributed by atoms with Gasteiger partial charge in [0.25, 0.3) is 11.5 Å². The van der Waals surface area contributed by atoms with Gasteiger partial charge in [0.05, 0.1) is 7.11 Å². The molecule has 2 N–H and O–H groups in total. The molecule has 1 heterocycles. The Morgan fingerprint density at radius 3 is 2.44 bits per heavy atom. The Kier molecular flexibility index (Phi) is 4.95. The third-order valence-corrected chi connectivity index (χ3v) is 3.87. The highest BCUT2D eigenvalue weighted by molar-refractivity contribution is 5.94. The van der Waals surface area contributed by atoms with E-state index in [2.05, 4.69) is 10.3 Å². The molecule has 3 rings (SSSR count). The monoisotopic (exact) mass is 334 g/mol. The van der Waals surface area contributed by atoms with E-state index in [1.54, 1.807) is 19.2 Å². The molecule has 0 saturated heterocycles. The molecule has 0 bridgehead atoms. The van der Waals surface area contributed by atoms with Crippen molar-refractivity contribution in [3.05, 3.63) is 88.2 Å². The van der Waals surface area contributed by atoms with E-state index in [9.17, 15) is 9.59 Å². The molecule has 0 fully saturated rings. The molecule has 0 aliphatic rings. The molecule has 1 aromatic heterocycles. The second-order valence-corrected chi connectivity index (χ2v) is 5.48. The normalized spacial score (nSPS) is 10.3. The van der Waals surface area contributed by atoms with Gasteiger partial charge >= 0.3 is 0 Å². The number of amides is 1. The highest BCUT2D eigenvalue weighted by Crippen LogP contribution is 2.17. The molecule has 0 aliphatic carbocycles. The van der Waals surface area contributed by atoms with Gasteiger partial charge in [-0.25, -0.2) is 0 Å². The smallest absolute Gasteiger partial charge is 0.261 e. The Balaban J connectivity index is 1.75. The van der Waals surface area contributed by atoms with Gasteiger partial charge in [-0.1, -0.05) is 48.5 Å². The first-order chi connectivity index (χ1) is 12.2. The molecule has 1 amide bonds. The highest BCUT2D eigenvalue weighted by atomic mass is 16.5. The fraction of sp³-hybridized carbons (Fsp3) is 0.100. The fourth-order valence-electron chi connectivity index (χ4n) is 2.56. The number of nitrogens with one attached hydrogen (secondary N) is 2. The zero-order chi connectivity index (χ0) is 17.6. The topological polar surface area (TPSA) is 71.2 Å². The number of carbonyl (C=O) groups excluding carboxylic acids is 1. The Bertz CT molecular complexity index is 933. The van der Waals surface area contributed by atoms with E-state index < -0.39 is 11.5 Å². The van der Waals surface area contributed by atoms with Gasteiger partial charge in [0.2, 0.25) is 0 Å². The lowest BCUT2D eigenvalue weighted by molar-refractivity contribution is 0.0949. The molecule has 25 heavy (non-hydrogen) atoms. The second-order valence-electron chi connectivity index (χ2n) is 5.48. The summed E-state index contributed by atoms with van der Waals surface area (Å²) in [6, 6.07) is 20.2. The van der Waals surface area contributed by atoms with Crippen LogP contribution >= 0.6 is 0 Å². The van der Waals surface area contributed by atoms with Crippen molar-refractivity contribution in [1.82, 2.24) is 10.3 Å². The molecule has 126 valence electrons. The third-order valence-electron chi connectivity index (χ3n) is 3.87. The van der Waals surface area contributed by atoms with E-state index >= 15 is 0 Å². The number of para-hydroxylation sites is 1. The van der Waals surface area contributed by atoms with Crippen molar-refractivity contribution in [2.45, 2.75) is 6.54 Å². The van der Waals surface area contributed by atoms with Crippen molar-refractivity contribution in [1.29, 1.82) is 0 Å². The maximum Gasteiger partial charge on any atom is 0.261 e. The number of ether oxygens (including phenoxy) is 1. The van der Waals surface area contributed by atoms with Gasteiger partial charge in [0.1, 0.15) is 11.3 Å². The molecule has 0 spiro atoms. The zero-order valence-electron chi connectivity index (χ0n) is 13.8. The van der Waals surface area contributed by atoms with E-state index in [4.69, 9.17) is 4.74 Å². The quantitative estimate of drug-likeness (QED) is 0.753. The average Bonchev–Trinajstić information content (AvgIpc) is 2.67. The minimum atomic E-state index is -0.424. The predicted octanol–water partition coefficient (Wildman–Crippen LogP) is 2.98. The number of benzene rings is 2. The number of H-pyrrole nitrogens is 1. The number of carbonyl (C=O) groups is 1. The first kappa shape index (κ1) is 16.5. The van der Waals surface area contributed by atoms with Gasteiger partial charge in [0.15, 0.2) is 0 Å². The maximum atomic E-state index is 12.3. The van der Waals surface area contributed by atoms with Crippen molar-refractivity contribution >= 4 is 5.91 Å². The van der Waals surface area contributed by atoms with Crippen molar-refractivity contribution in [3.63, 3.8) is 0 Å². The minimum absolute atomic E-state index is 0.0783. The number of rotatable bonds is 5. The van der Waals surface area contributed by atoms with Crippen LogP contribution in [0.1, 0.15) is 15.9 Å². The first-order valence-electron chi connectivity index (χ1n) is 7.88. The summed E-state index contributed by atoms with van der Waals surface area (Å²) in [6.45, 7) is 0.280. The fourth-order valence-corrected chi connectivity index (χ4v) is 2.56. The summed E-state index contributed by atoms with van der Waals surface area (Å²) in [5, 5.41) is 2.75. The van der Waals surface area contributed by atoms with Gasteiger partial charge < -0.3 is 15.0 Å². The summed E-state index contributed by atoms with van der Waals surface area (Å²) in [6.07, 6.45) is 0. The van der Waals surface area contributed by atoms with Gasteiger partial charge in [-0.2, -0.15) is 0 Å². The largest absolute Gasteiger partial charge is 0.496 e. The summed E-state index contributed by atoms with van der Waals surface area (Å²) < 4.78 is 5.25. The second kappa shape index (κ2) is 7.49. The molecule has 5 heteroatoms. The summed E-state index contributed by atoms with van der Waals surface area (Å²) in [4.78, 5) is 27.3. The van der Waals surface area contributed by atoms with Gasteiger partial charge in [-0.15, -0.1) is 0 Å². The number of aromatic nitrogens is 1. The number of methoxy groups -OCH3 is 1. The molecule has 0 unspecified atom stereocenters. The number of hydrogen-bond donors (Lipinski definition) is 2. The van der Waals surface area contributed by atoms with E-state index in [1.807, 2.05) is 54.6 Å². The molecule has 0 atom stereocenters. The summed E-state index contributed by atoms with van der Waals surface area (Å²) >= 11 is 0. The molecular formula is C20H18N2O3. The van der Waals surface area contributed by atoms with Gasteiger partial charge in [-0.3, -0.25) is 9.59 Å². The first-order valence-corrected chi connectivity index (χ1v) is 7.88. The number of hydrogen-bond acceptors (Lipinski definition) is 3. The summed E-state index contributed by atoms with van der Waals surface area (Å²) in [5.41, 5.74) is 2.07. The lowest BCUT2D eigenvalue weighted by Gasteiger charge is -2.09. The number of aromatic amines is 1. The van der Waals surface area contributed by atoms with Gasteiger partial charge in [-0.05, 0) is 23.8 Å². The van der Waals surface area contributed by atoms with Crippen LogP contribution in [0, 0.1) is 0 Å². The molecule has 0 radical (unpaired) electrons. The molecular weight excluding hydrogens is 316 g/mol. The Hall–Kier alpha value is -3.34. The van der Waals surface area contributed by atoms with E-state index in [1.165, 1.54) is 0 Å². The maximum absolute atomic E-state index is 12.3. The average molecular weight is 334 g/mol. The summed E-state index contributed by atoms with van der Waals surface area (Å²) in [5.74, 6) is 0.267. The molecule has 0 aliphatic heterocycles. The van der Waals surface area contributed by atoms with Crippen LogP contribution < -0.4 is 15.6 Å². The zero-order valence-corrected chi connectivity index (χ0v) is 13.8. The lowest BCUT2D eigenvalue weighted by atomic mass is 10.1. The third kappa shape index (κ3) is 3.77. The predicted molar refractivity (Wildman–Crippen MR) is 96.7 cm³/mol. The van der Waals surface area contributed by atoms with Crippen LogP contribution in [0.5, 0.6) is 5.75 Å². The molecule has 2 aromatic carbocycles. The standard InChI is InChI=1S/C20H18N2O3/c1-25-18-10-6-5-9-15(18)13-21-19(23)16-11-12-17(22-20(16)24)14-7-3-2-4-8-14/h2-12H,13H2,1H3,(H,21,23)(H,22,24). The van der Waals surface area contributed by atoms with Crippen molar-refractivity contribution < 1.29 is 9.53 Å². The lowest BCUT2D eigenvalue weighted by Crippen LogP contribution is -2.29. The Morgan fingerprint density at radius 1 is 1.00 bits per heavy atom. The van der Waals surface area contributed by atoms with Gasteiger partial charge in [0, 0.05) is 17.8 Å². The van der Waals surface area contributed by atoms with Crippen molar-refractivity contribution in [2.75, 3.05) is 7.11 Å². The van der Waals surface area contributed by atoms with Crippen LogP contribution in [0.2, 0.25) is 0 Å². The van der Waals surface area contributed by atoms with E-state index in [0.29, 0.717) is 11.4 Å². The van der Waals surface area contributed by atoms with Crippen LogP contribution in [-0.2, 0) is 6.54 Å². The van der Waals surface area contributed by atoms with Crippen molar-refractivity contribution in [3.8, 4) is 17.0 Å².